The lowest BCUT2D eigenvalue weighted by Crippen LogP contribution is -2.29. The van der Waals surface area contributed by atoms with Crippen LogP contribution in [0.25, 0.3) is 10.8 Å². The minimum absolute atomic E-state index is 0.140. The van der Waals surface area contributed by atoms with Crippen molar-refractivity contribution in [2.45, 2.75) is 37.8 Å². The van der Waals surface area contributed by atoms with Gasteiger partial charge >= 0.3 is 0 Å². The van der Waals surface area contributed by atoms with Gasteiger partial charge in [0.1, 0.15) is 17.5 Å². The monoisotopic (exact) mass is 431 g/mol. The van der Waals surface area contributed by atoms with E-state index in [9.17, 15) is 18.3 Å². The summed E-state index contributed by atoms with van der Waals surface area (Å²) in [5, 5.41) is 16.5. The molecule has 9 nitrogen and oxygen atoms in total. The molecule has 3 N–H and O–H groups in total. The smallest absolute Gasteiger partial charge is 0.262 e. The Morgan fingerprint density at radius 1 is 1.17 bits per heavy atom. The van der Waals surface area contributed by atoms with E-state index in [2.05, 4.69) is 20.6 Å². The fourth-order valence-electron chi connectivity index (χ4n) is 2.94. The van der Waals surface area contributed by atoms with Crippen molar-refractivity contribution in [3.05, 3.63) is 47.0 Å². The van der Waals surface area contributed by atoms with E-state index in [1.165, 1.54) is 22.9 Å². The molecule has 10 heteroatoms. The van der Waals surface area contributed by atoms with Crippen molar-refractivity contribution in [3.63, 3.8) is 0 Å². The van der Waals surface area contributed by atoms with Gasteiger partial charge in [-0.1, -0.05) is 0 Å². The number of nitrogens with one attached hydrogen (secondary N) is 2. The molecule has 0 saturated carbocycles. The van der Waals surface area contributed by atoms with Crippen molar-refractivity contribution in [2.24, 2.45) is 0 Å². The topological polar surface area (TPSA) is 126 Å². The van der Waals surface area contributed by atoms with E-state index in [1.807, 2.05) is 20.8 Å². The highest BCUT2D eigenvalue weighted by Gasteiger charge is 2.18. The van der Waals surface area contributed by atoms with Crippen LogP contribution in [0.15, 0.2) is 46.3 Å². The molecule has 30 heavy (non-hydrogen) atoms. The molecule has 3 aromatic rings. The van der Waals surface area contributed by atoms with Crippen LogP contribution in [0.5, 0.6) is 0 Å². The van der Waals surface area contributed by atoms with Crippen molar-refractivity contribution in [2.75, 3.05) is 23.5 Å². The predicted octanol–water partition coefficient (Wildman–Crippen LogP) is 2.14. The standard InChI is InChI=1S/C20H25N5O4S/c1-20(2,3)24-18-17-13(6-8-25(9-10-26)19(17)27)11-16(23-18)22-15-12-14(5-7-21-15)30(4,28)29/h5-8,11-12,26H,9-10H2,1-4H3,(H2,21,22,23,24). The number of aliphatic hydroxyl groups excluding tert-OH is 1. The highest BCUT2D eigenvalue weighted by Crippen LogP contribution is 2.26. The molecule has 0 saturated heterocycles. The van der Waals surface area contributed by atoms with Crippen LogP contribution in [-0.2, 0) is 16.4 Å². The molecule has 0 radical (unpaired) electrons. The summed E-state index contributed by atoms with van der Waals surface area (Å²) >= 11 is 0. The Balaban J connectivity index is 2.13. The van der Waals surface area contributed by atoms with Crippen LogP contribution in [0.2, 0.25) is 0 Å². The summed E-state index contributed by atoms with van der Waals surface area (Å²) in [6.45, 7) is 5.89. The lowest BCUT2D eigenvalue weighted by molar-refractivity contribution is 0.274. The summed E-state index contributed by atoms with van der Waals surface area (Å²) in [6.07, 6.45) is 4.15. The van der Waals surface area contributed by atoms with Crippen LogP contribution in [0.4, 0.5) is 17.5 Å². The summed E-state index contributed by atoms with van der Waals surface area (Å²) in [5.41, 5.74) is -0.624. The normalized spacial score (nSPS) is 12.2. The van der Waals surface area contributed by atoms with Crippen molar-refractivity contribution in [1.29, 1.82) is 0 Å². The average Bonchev–Trinajstić information content (AvgIpc) is 2.62. The molecule has 0 aliphatic rings. The fourth-order valence-corrected chi connectivity index (χ4v) is 3.57. The minimum Gasteiger partial charge on any atom is -0.395 e. The Labute approximate surface area is 174 Å². The van der Waals surface area contributed by atoms with E-state index in [-0.39, 0.29) is 29.1 Å². The Kier molecular flexibility index (Phi) is 5.82. The lowest BCUT2D eigenvalue weighted by Gasteiger charge is -2.23. The largest absolute Gasteiger partial charge is 0.395 e. The number of fused-ring (bicyclic) bond motifs is 1. The highest BCUT2D eigenvalue weighted by molar-refractivity contribution is 7.90. The zero-order valence-electron chi connectivity index (χ0n) is 17.3. The van der Waals surface area contributed by atoms with Gasteiger partial charge < -0.3 is 20.3 Å². The van der Waals surface area contributed by atoms with Gasteiger partial charge in [-0.3, -0.25) is 4.79 Å². The predicted molar refractivity (Wildman–Crippen MR) is 117 cm³/mol. The second-order valence-electron chi connectivity index (χ2n) is 8.01. The van der Waals surface area contributed by atoms with E-state index in [4.69, 9.17) is 0 Å². The Morgan fingerprint density at radius 2 is 1.90 bits per heavy atom. The Morgan fingerprint density at radius 3 is 2.53 bits per heavy atom. The number of pyridine rings is 3. The maximum atomic E-state index is 12.9. The number of hydrogen-bond donors (Lipinski definition) is 3. The van der Waals surface area contributed by atoms with E-state index >= 15 is 0 Å². The molecule has 0 spiro atoms. The molecule has 160 valence electrons. The molecular formula is C20H25N5O4S. The van der Waals surface area contributed by atoms with Gasteiger partial charge in [-0.15, -0.1) is 0 Å². The molecule has 3 aromatic heterocycles. The number of sulfone groups is 1. The Hall–Kier alpha value is -2.98. The van der Waals surface area contributed by atoms with Gasteiger partial charge in [0.2, 0.25) is 0 Å². The third-order valence-electron chi connectivity index (χ3n) is 4.21. The molecule has 0 bridgehead atoms. The van der Waals surface area contributed by atoms with E-state index < -0.39 is 9.84 Å². The zero-order chi connectivity index (χ0) is 22.1. The SMILES string of the molecule is CC(C)(C)Nc1nc(Nc2cc(S(C)(=O)=O)ccn2)cc2ccn(CCO)c(=O)c12. The summed E-state index contributed by atoms with van der Waals surface area (Å²) in [7, 11) is -3.38. The minimum atomic E-state index is -3.38. The van der Waals surface area contributed by atoms with Gasteiger partial charge in [0.15, 0.2) is 9.84 Å². The maximum absolute atomic E-state index is 12.9. The van der Waals surface area contributed by atoms with Gasteiger partial charge in [0.25, 0.3) is 5.56 Å². The highest BCUT2D eigenvalue weighted by atomic mass is 32.2. The fraction of sp³-hybridized carbons (Fsp3) is 0.350. The second-order valence-corrected chi connectivity index (χ2v) is 10.0. The van der Waals surface area contributed by atoms with E-state index in [0.717, 1.165) is 6.26 Å². The van der Waals surface area contributed by atoms with Gasteiger partial charge in [0.05, 0.1) is 16.9 Å². The van der Waals surface area contributed by atoms with Gasteiger partial charge in [-0.25, -0.2) is 18.4 Å². The number of aromatic nitrogens is 3. The van der Waals surface area contributed by atoms with Crippen molar-refractivity contribution < 1.29 is 13.5 Å². The molecule has 0 aliphatic heterocycles. The summed E-state index contributed by atoms with van der Waals surface area (Å²) < 4.78 is 25.1. The van der Waals surface area contributed by atoms with Crippen LogP contribution < -0.4 is 16.2 Å². The van der Waals surface area contributed by atoms with Crippen molar-refractivity contribution >= 4 is 38.1 Å². The summed E-state index contributed by atoms with van der Waals surface area (Å²) in [6, 6.07) is 6.32. The van der Waals surface area contributed by atoms with Crippen molar-refractivity contribution in [3.8, 4) is 0 Å². The molecule has 0 atom stereocenters. The first-order valence-electron chi connectivity index (χ1n) is 9.34. The summed E-state index contributed by atoms with van der Waals surface area (Å²) in [5.74, 6) is 1.12. The number of hydrogen-bond acceptors (Lipinski definition) is 8. The Bertz CT molecular complexity index is 1250. The average molecular weight is 432 g/mol. The molecule has 0 aliphatic carbocycles. The van der Waals surface area contributed by atoms with Gasteiger partial charge in [-0.2, -0.15) is 0 Å². The van der Waals surface area contributed by atoms with Gasteiger partial charge in [-0.05, 0) is 50.4 Å². The van der Waals surface area contributed by atoms with Crippen LogP contribution in [0, 0.1) is 0 Å². The number of aliphatic hydroxyl groups is 1. The number of rotatable bonds is 6. The molecule has 3 rings (SSSR count). The maximum Gasteiger partial charge on any atom is 0.262 e. The van der Waals surface area contributed by atoms with Crippen LogP contribution in [0.1, 0.15) is 20.8 Å². The molecule has 0 amide bonds. The molecule has 0 aromatic carbocycles. The van der Waals surface area contributed by atoms with Crippen LogP contribution in [-0.4, -0.2) is 46.5 Å². The molecule has 3 heterocycles. The van der Waals surface area contributed by atoms with Crippen LogP contribution >= 0.6 is 0 Å². The second kappa shape index (κ2) is 8.04. The number of anilines is 3. The zero-order valence-corrected chi connectivity index (χ0v) is 18.1. The lowest BCUT2D eigenvalue weighted by atomic mass is 10.1. The van der Waals surface area contributed by atoms with E-state index in [1.54, 1.807) is 18.3 Å². The van der Waals surface area contributed by atoms with Crippen molar-refractivity contribution in [1.82, 2.24) is 14.5 Å². The number of nitrogens with zero attached hydrogens (tertiary/aromatic N) is 3. The first-order chi connectivity index (χ1) is 14.0. The van der Waals surface area contributed by atoms with Gasteiger partial charge in [0, 0.05) is 30.7 Å². The third-order valence-corrected chi connectivity index (χ3v) is 5.32. The summed E-state index contributed by atoms with van der Waals surface area (Å²) in [4.78, 5) is 21.8. The quantitative estimate of drug-likeness (QED) is 0.542. The third kappa shape index (κ3) is 4.95. The molecule has 0 unspecified atom stereocenters. The van der Waals surface area contributed by atoms with E-state index in [0.29, 0.717) is 28.2 Å². The first-order valence-corrected chi connectivity index (χ1v) is 11.2. The molecule has 0 fully saturated rings. The van der Waals surface area contributed by atoms with Crippen LogP contribution in [0.3, 0.4) is 0 Å². The molecular weight excluding hydrogens is 406 g/mol. The first kappa shape index (κ1) is 21.7.